The van der Waals surface area contributed by atoms with E-state index in [2.05, 4.69) is 5.32 Å². The van der Waals surface area contributed by atoms with E-state index in [1.165, 1.54) is 0 Å². The van der Waals surface area contributed by atoms with Crippen molar-refractivity contribution in [2.75, 3.05) is 12.3 Å². The molecule has 0 radical (unpaired) electrons. The molecule has 1 aliphatic rings. The molecule has 1 fully saturated rings. The fourth-order valence-electron chi connectivity index (χ4n) is 1.61. The van der Waals surface area contributed by atoms with Crippen LogP contribution in [-0.2, 0) is 0 Å². The van der Waals surface area contributed by atoms with Crippen LogP contribution in [0, 0.1) is 0 Å². The average Bonchev–Trinajstić information content (AvgIpc) is 2.83. The predicted molar refractivity (Wildman–Crippen MR) is 72.2 cm³/mol. The first-order valence-electron chi connectivity index (χ1n) is 5.23. The molecule has 84 valence electrons. The summed E-state index contributed by atoms with van der Waals surface area (Å²) in [5.41, 5.74) is 0.743. The van der Waals surface area contributed by atoms with E-state index in [0.29, 0.717) is 6.42 Å². The van der Waals surface area contributed by atoms with Gasteiger partial charge >= 0.3 is 0 Å². The number of carbonyl (C=O) groups excluding carboxylic acids is 1. The van der Waals surface area contributed by atoms with Crippen LogP contribution in [0.5, 0.6) is 0 Å². The van der Waals surface area contributed by atoms with E-state index in [0.717, 1.165) is 22.7 Å². The molecule has 0 bridgehead atoms. The molecule has 16 heavy (non-hydrogen) atoms. The van der Waals surface area contributed by atoms with Crippen LogP contribution in [0.1, 0.15) is 16.8 Å². The molecule has 2 nitrogen and oxygen atoms in total. The number of ketones is 1. The first-order valence-corrected chi connectivity index (χ1v) is 6.69. The Kier molecular flexibility index (Phi) is 4.09. The van der Waals surface area contributed by atoms with Gasteiger partial charge in [0.05, 0.1) is 5.37 Å². The lowest BCUT2D eigenvalue weighted by Gasteiger charge is -2.10. The normalized spacial score (nSPS) is 19.6. The van der Waals surface area contributed by atoms with Gasteiger partial charge in [0.1, 0.15) is 0 Å². The van der Waals surface area contributed by atoms with Crippen LogP contribution in [0.25, 0.3) is 0 Å². The Morgan fingerprint density at radius 3 is 2.81 bits per heavy atom. The highest BCUT2D eigenvalue weighted by Gasteiger charge is 2.21. The van der Waals surface area contributed by atoms with Gasteiger partial charge in [-0.15, -0.1) is 11.8 Å². The minimum absolute atomic E-state index is 0.111. The molecular weight excluding hydrogens is 238 g/mol. The summed E-state index contributed by atoms with van der Waals surface area (Å²) in [7, 11) is 0. The monoisotopic (exact) mass is 251 g/mol. The van der Waals surface area contributed by atoms with Gasteiger partial charge in [-0.05, 0) is 0 Å². The van der Waals surface area contributed by atoms with Gasteiger partial charge in [-0.3, -0.25) is 4.79 Å². The van der Waals surface area contributed by atoms with Gasteiger partial charge < -0.3 is 5.32 Å². The number of hydrogen-bond acceptors (Lipinski definition) is 4. The maximum atomic E-state index is 11.9. The molecule has 0 saturated carbocycles. The number of nitrogens with one attached hydrogen (secondary N) is 1. The number of thioether (sulfide) groups is 1. The lowest BCUT2D eigenvalue weighted by Crippen LogP contribution is -2.28. The van der Waals surface area contributed by atoms with Crippen LogP contribution in [0.4, 0.5) is 0 Å². The van der Waals surface area contributed by atoms with Crippen molar-refractivity contribution >= 4 is 34.6 Å². The third-order valence-electron chi connectivity index (χ3n) is 2.44. The Bertz CT molecular complexity index is 385. The molecule has 4 heteroatoms. The number of thiocarbonyl (C=S) groups is 1. The topological polar surface area (TPSA) is 29.1 Å². The molecule has 1 heterocycles. The van der Waals surface area contributed by atoms with Gasteiger partial charge in [0.2, 0.25) is 0 Å². The number of rotatable bonds is 4. The summed E-state index contributed by atoms with van der Waals surface area (Å²) < 4.78 is 0. The van der Waals surface area contributed by atoms with Crippen LogP contribution < -0.4 is 5.32 Å². The molecule has 0 aliphatic carbocycles. The highest BCUT2D eigenvalue weighted by Crippen LogP contribution is 2.18. The molecule has 1 aliphatic heterocycles. The second-order valence-electron chi connectivity index (χ2n) is 3.64. The zero-order valence-electron chi connectivity index (χ0n) is 8.81. The smallest absolute Gasteiger partial charge is 0.167 e. The molecule has 0 spiro atoms. The van der Waals surface area contributed by atoms with Gasteiger partial charge in [-0.1, -0.05) is 42.5 Å². The SMILES string of the molecule is O=C(CC(=S)C1NCCS1)c1ccccc1. The van der Waals surface area contributed by atoms with Crippen molar-refractivity contribution in [3.8, 4) is 0 Å². The predicted octanol–water partition coefficient (Wildman–Crippen LogP) is 2.29. The second-order valence-corrected chi connectivity index (χ2v) is 5.37. The third-order valence-corrected chi connectivity index (χ3v) is 4.19. The first-order chi connectivity index (χ1) is 7.77. The van der Waals surface area contributed by atoms with E-state index < -0.39 is 0 Å². The summed E-state index contributed by atoms with van der Waals surface area (Å²) in [4.78, 5) is 12.7. The van der Waals surface area contributed by atoms with Crippen LogP contribution in [-0.4, -0.2) is 28.3 Å². The summed E-state index contributed by atoms with van der Waals surface area (Å²) in [6.45, 7) is 0.981. The van der Waals surface area contributed by atoms with Crippen molar-refractivity contribution < 1.29 is 4.79 Å². The summed E-state index contributed by atoms with van der Waals surface area (Å²) >= 11 is 7.07. The summed E-state index contributed by atoms with van der Waals surface area (Å²) in [6, 6.07) is 9.32. The molecule has 1 aromatic carbocycles. The van der Waals surface area contributed by atoms with Gasteiger partial charge in [-0.25, -0.2) is 0 Å². The van der Waals surface area contributed by atoms with E-state index >= 15 is 0 Å². The van der Waals surface area contributed by atoms with Crippen molar-refractivity contribution in [1.29, 1.82) is 0 Å². The quantitative estimate of drug-likeness (QED) is 0.657. The van der Waals surface area contributed by atoms with Gasteiger partial charge in [0, 0.05) is 29.1 Å². The van der Waals surface area contributed by atoms with E-state index in [4.69, 9.17) is 12.2 Å². The first kappa shape index (κ1) is 11.8. The Morgan fingerprint density at radius 2 is 2.19 bits per heavy atom. The van der Waals surface area contributed by atoms with Crippen LogP contribution in [0.2, 0.25) is 0 Å². The minimum atomic E-state index is 0.111. The van der Waals surface area contributed by atoms with E-state index in [-0.39, 0.29) is 11.2 Å². The number of benzene rings is 1. The molecule has 2 rings (SSSR count). The van der Waals surface area contributed by atoms with Crippen molar-refractivity contribution in [1.82, 2.24) is 5.32 Å². The zero-order valence-corrected chi connectivity index (χ0v) is 10.4. The fourth-order valence-corrected chi connectivity index (χ4v) is 3.00. The van der Waals surface area contributed by atoms with E-state index in [9.17, 15) is 4.79 Å². The second kappa shape index (κ2) is 5.57. The minimum Gasteiger partial charge on any atom is -0.300 e. The van der Waals surface area contributed by atoms with E-state index in [1.54, 1.807) is 11.8 Å². The van der Waals surface area contributed by atoms with Crippen molar-refractivity contribution in [2.24, 2.45) is 0 Å². The maximum absolute atomic E-state index is 11.9. The Labute approximate surface area is 105 Å². The summed E-state index contributed by atoms with van der Waals surface area (Å²) in [5.74, 6) is 1.18. The van der Waals surface area contributed by atoms with Crippen molar-refractivity contribution in [3.05, 3.63) is 35.9 Å². The maximum Gasteiger partial charge on any atom is 0.167 e. The number of carbonyl (C=O) groups is 1. The molecule has 1 aromatic rings. The largest absolute Gasteiger partial charge is 0.300 e. The number of hydrogen-bond donors (Lipinski definition) is 1. The highest BCUT2D eigenvalue weighted by atomic mass is 32.2. The van der Waals surface area contributed by atoms with Crippen LogP contribution >= 0.6 is 24.0 Å². The van der Waals surface area contributed by atoms with E-state index in [1.807, 2.05) is 30.3 Å². The molecular formula is C12H13NOS2. The molecule has 1 unspecified atom stereocenters. The summed E-state index contributed by atoms with van der Waals surface area (Å²) in [6.07, 6.45) is 0.365. The standard InChI is InChI=1S/C12H13NOS2/c14-10(9-4-2-1-3-5-9)8-11(15)12-13-6-7-16-12/h1-5,12-13H,6-8H2. The van der Waals surface area contributed by atoms with Crippen LogP contribution in [0.3, 0.4) is 0 Å². The molecule has 1 saturated heterocycles. The molecule has 1 N–H and O–H groups in total. The molecule has 1 atom stereocenters. The van der Waals surface area contributed by atoms with Crippen LogP contribution in [0.15, 0.2) is 30.3 Å². The van der Waals surface area contributed by atoms with Gasteiger partial charge in [0.15, 0.2) is 5.78 Å². The fraction of sp³-hybridized carbons (Fsp3) is 0.333. The lowest BCUT2D eigenvalue weighted by atomic mass is 10.1. The van der Waals surface area contributed by atoms with Crippen molar-refractivity contribution in [2.45, 2.75) is 11.8 Å². The Balaban J connectivity index is 1.94. The Morgan fingerprint density at radius 1 is 1.44 bits per heavy atom. The Hall–Kier alpha value is -0.710. The highest BCUT2D eigenvalue weighted by molar-refractivity contribution is 8.02. The van der Waals surface area contributed by atoms with Crippen molar-refractivity contribution in [3.63, 3.8) is 0 Å². The molecule has 0 amide bonds. The zero-order chi connectivity index (χ0) is 11.4. The third kappa shape index (κ3) is 2.90. The summed E-state index contributed by atoms with van der Waals surface area (Å²) in [5, 5.41) is 3.47. The number of Topliss-reactive ketones (excluding diaryl/α,β-unsaturated/α-hetero) is 1. The van der Waals surface area contributed by atoms with Gasteiger partial charge in [-0.2, -0.15) is 0 Å². The molecule has 0 aromatic heterocycles. The lowest BCUT2D eigenvalue weighted by molar-refractivity contribution is 0.100. The average molecular weight is 251 g/mol. The van der Waals surface area contributed by atoms with Gasteiger partial charge in [0.25, 0.3) is 0 Å².